The van der Waals surface area contributed by atoms with Gasteiger partial charge >= 0.3 is 55.0 Å². The molecule has 44 valence electrons. The summed E-state index contributed by atoms with van der Waals surface area (Å²) in [6.07, 6.45) is 0. The number of hydrogen-bond donors (Lipinski definition) is 0. The Kier molecular flexibility index (Phi) is 2.83. The van der Waals surface area contributed by atoms with E-state index in [-0.39, 0.29) is 0 Å². The Hall–Kier alpha value is 0.958. The molecule has 7 heteroatoms. The van der Waals surface area contributed by atoms with Crippen molar-refractivity contribution in [2.75, 3.05) is 0 Å². The number of hydrogen-bond acceptors (Lipinski definition) is 2. The summed E-state index contributed by atoms with van der Waals surface area (Å²) in [4.78, 5) is 9.51. The molecule has 0 aliphatic rings. The molecule has 0 N–H and O–H groups in total. The van der Waals surface area contributed by atoms with Crippen LogP contribution in [-0.2, 0) is 13.2 Å². The van der Waals surface area contributed by atoms with Crippen molar-refractivity contribution in [3.8, 4) is 0 Å². The molecule has 0 saturated carbocycles. The zero-order valence-electron chi connectivity index (χ0n) is 2.71. The zero-order valence-corrected chi connectivity index (χ0v) is 7.25. The number of nitro groups is 1. The van der Waals surface area contributed by atoms with Gasteiger partial charge in [0.25, 0.3) is 0 Å². The molecular formula is Cl3NO2Pt+4. The van der Waals surface area contributed by atoms with E-state index in [1.807, 2.05) is 0 Å². The number of halogens is 3. The van der Waals surface area contributed by atoms with Gasteiger partial charge < -0.3 is 0 Å². The summed E-state index contributed by atoms with van der Waals surface area (Å²) in [6, 6.07) is 0. The van der Waals surface area contributed by atoms with Crippen LogP contribution in [-0.4, -0.2) is 3.48 Å². The van der Waals surface area contributed by atoms with Gasteiger partial charge in [-0.25, -0.2) is 0 Å². The van der Waals surface area contributed by atoms with Crippen molar-refractivity contribution in [1.29, 1.82) is 0 Å². The topological polar surface area (TPSA) is 43.1 Å². The SMILES string of the molecule is O=[N+]([O-])[Pt+4]([Cl])([Cl])[Cl]. The van der Waals surface area contributed by atoms with Gasteiger partial charge in [0, 0.05) is 0 Å². The predicted molar refractivity (Wildman–Crippen MR) is 24.6 cm³/mol. The maximum absolute atomic E-state index is 9.51. The number of rotatable bonds is 1. The van der Waals surface area contributed by atoms with Crippen LogP contribution in [0.2, 0.25) is 0 Å². The summed E-state index contributed by atoms with van der Waals surface area (Å²) in [6.45, 7) is 0. The fourth-order valence-electron chi connectivity index (χ4n) is 0. The summed E-state index contributed by atoms with van der Waals surface area (Å²) in [5, 5.41) is 9.51. The average molecular weight is 347 g/mol. The van der Waals surface area contributed by atoms with Crippen molar-refractivity contribution in [3.63, 3.8) is 0 Å². The van der Waals surface area contributed by atoms with Crippen LogP contribution in [0.3, 0.4) is 0 Å². The monoisotopic (exact) mass is 346 g/mol. The molecule has 0 unspecified atom stereocenters. The molecule has 0 fully saturated rings. The maximum atomic E-state index is 9.51. The van der Waals surface area contributed by atoms with Crippen molar-refractivity contribution >= 4 is 28.3 Å². The minimum atomic E-state index is -3.97. The van der Waals surface area contributed by atoms with Crippen LogP contribution < -0.4 is 0 Å². The van der Waals surface area contributed by atoms with Crippen LogP contribution in [0.5, 0.6) is 0 Å². The van der Waals surface area contributed by atoms with Crippen molar-refractivity contribution in [3.05, 3.63) is 10.1 Å². The van der Waals surface area contributed by atoms with Gasteiger partial charge in [-0.1, -0.05) is 0 Å². The molecule has 0 bridgehead atoms. The molecule has 0 atom stereocenters. The van der Waals surface area contributed by atoms with Crippen molar-refractivity contribution < 1.29 is 16.7 Å². The standard InChI is InChI=1S/3ClH.NO2.Pt/c;;;2-1-3;/h3*1H;;/q;;;;+7/p-3. The second-order valence-electron chi connectivity index (χ2n) is 0.486. The summed E-state index contributed by atoms with van der Waals surface area (Å²) in [5.41, 5.74) is 0. The molecule has 0 radical (unpaired) electrons. The van der Waals surface area contributed by atoms with Crippen LogP contribution in [0.1, 0.15) is 0 Å². The van der Waals surface area contributed by atoms with Gasteiger partial charge in [-0.2, -0.15) is 0 Å². The van der Waals surface area contributed by atoms with Gasteiger partial charge in [-0.15, -0.1) is 0 Å². The first-order chi connectivity index (χ1) is 2.94. The van der Waals surface area contributed by atoms with Gasteiger partial charge in [0.2, 0.25) is 0 Å². The Morgan fingerprint density at radius 2 is 1.57 bits per heavy atom. The molecule has 0 amide bonds. The zero-order chi connectivity index (χ0) is 6.08. The van der Waals surface area contributed by atoms with E-state index in [0.29, 0.717) is 0 Å². The summed E-state index contributed by atoms with van der Waals surface area (Å²) in [7, 11) is 14.6. The molecule has 0 heterocycles. The van der Waals surface area contributed by atoms with Gasteiger partial charge in [0.15, 0.2) is 0 Å². The van der Waals surface area contributed by atoms with Crippen molar-refractivity contribution in [2.45, 2.75) is 0 Å². The van der Waals surface area contributed by atoms with Crippen molar-refractivity contribution in [2.24, 2.45) is 0 Å². The molecule has 0 aromatic rings. The summed E-state index contributed by atoms with van der Waals surface area (Å²) < 4.78 is -0.836. The molecule has 7 heavy (non-hydrogen) atoms. The third-order valence-electron chi connectivity index (χ3n) is 0.131. The molecule has 0 aliphatic heterocycles. The average Bonchev–Trinajstić information content (AvgIpc) is 1.31. The van der Waals surface area contributed by atoms with Crippen LogP contribution in [0, 0.1) is 10.1 Å². The van der Waals surface area contributed by atoms with E-state index in [9.17, 15) is 10.1 Å². The third kappa shape index (κ3) is 3.53. The Morgan fingerprint density at radius 1 is 1.43 bits per heavy atom. The van der Waals surface area contributed by atoms with Gasteiger partial charge in [-0.05, 0) is 0 Å². The van der Waals surface area contributed by atoms with E-state index < -0.39 is 16.7 Å². The van der Waals surface area contributed by atoms with Crippen LogP contribution in [0.25, 0.3) is 0 Å². The Balaban J connectivity index is 3.79. The van der Waals surface area contributed by atoms with E-state index in [1.165, 1.54) is 0 Å². The first-order valence-electron chi connectivity index (χ1n) is 0.865. The molecule has 3 nitrogen and oxygen atoms in total. The normalized spacial score (nSPS) is 13.6. The van der Waals surface area contributed by atoms with Crippen LogP contribution in [0.15, 0.2) is 0 Å². The second kappa shape index (κ2) is 2.49. The van der Waals surface area contributed by atoms with Gasteiger partial charge in [0.1, 0.15) is 0 Å². The summed E-state index contributed by atoms with van der Waals surface area (Å²) in [5.74, 6) is 0. The first-order valence-corrected chi connectivity index (χ1v) is 10.3. The summed E-state index contributed by atoms with van der Waals surface area (Å²) >= 11 is -3.97. The fraction of sp³-hybridized carbons (Fsp3) is 0. The van der Waals surface area contributed by atoms with Gasteiger partial charge in [-0.3, -0.25) is 0 Å². The van der Waals surface area contributed by atoms with Crippen LogP contribution >= 0.6 is 28.3 Å². The van der Waals surface area contributed by atoms with E-state index >= 15 is 0 Å². The molecule has 0 spiro atoms. The second-order valence-corrected chi connectivity index (χ2v) is 14.9. The number of nitrogens with zero attached hydrogens (tertiary/aromatic N) is 1. The Bertz CT molecular complexity index is 85.4. The quantitative estimate of drug-likeness (QED) is 0.536. The third-order valence-corrected chi connectivity index (χ3v) is 3.22. The molecule has 0 aliphatic carbocycles. The van der Waals surface area contributed by atoms with Gasteiger partial charge in [0.05, 0.1) is 0 Å². The molecular weight excluding hydrogens is 347 g/mol. The fourth-order valence-corrected chi connectivity index (χ4v) is 0. The Labute approximate surface area is 55.0 Å². The van der Waals surface area contributed by atoms with Crippen LogP contribution in [0.4, 0.5) is 0 Å². The molecule has 0 rings (SSSR count). The minimum absolute atomic E-state index is 0.836. The van der Waals surface area contributed by atoms with E-state index in [1.54, 1.807) is 0 Å². The van der Waals surface area contributed by atoms with E-state index in [4.69, 9.17) is 28.3 Å². The molecule has 0 aromatic heterocycles. The molecule has 0 saturated heterocycles. The first kappa shape index (κ1) is 7.96. The predicted octanol–water partition coefficient (Wildman–Crippen LogP) is 1.79. The van der Waals surface area contributed by atoms with Crippen molar-refractivity contribution in [1.82, 2.24) is 0 Å². The molecule has 0 aromatic carbocycles. The Morgan fingerprint density at radius 3 is 1.57 bits per heavy atom. The van der Waals surface area contributed by atoms with E-state index in [0.717, 1.165) is 0 Å². The van der Waals surface area contributed by atoms with E-state index in [2.05, 4.69) is 0 Å².